The Labute approximate surface area is 120 Å². The second-order valence-electron chi connectivity index (χ2n) is 4.96. The van der Waals surface area contributed by atoms with E-state index in [1.807, 2.05) is 0 Å². The molecule has 0 aliphatic rings. The van der Waals surface area contributed by atoms with E-state index in [9.17, 15) is 4.79 Å². The molecule has 0 fully saturated rings. The smallest absolute Gasteiger partial charge is 0.253 e. The highest BCUT2D eigenvalue weighted by molar-refractivity contribution is 5.94. The fourth-order valence-corrected chi connectivity index (χ4v) is 2.12. The van der Waals surface area contributed by atoms with Crippen LogP contribution in [0.4, 0.5) is 5.69 Å². The van der Waals surface area contributed by atoms with Gasteiger partial charge < -0.3 is 10.6 Å². The summed E-state index contributed by atoms with van der Waals surface area (Å²) in [7, 11) is 1.80. The number of nitrogens with zero attached hydrogens (tertiary/aromatic N) is 1. The highest BCUT2D eigenvalue weighted by Crippen LogP contribution is 2.12. The summed E-state index contributed by atoms with van der Waals surface area (Å²) in [6, 6.07) is 15.4. The summed E-state index contributed by atoms with van der Waals surface area (Å²) in [6.07, 6.45) is 1.03. The van der Waals surface area contributed by atoms with Crippen LogP contribution in [0.5, 0.6) is 0 Å². The minimum absolute atomic E-state index is 0.0168. The van der Waals surface area contributed by atoms with Gasteiger partial charge in [-0.3, -0.25) is 4.79 Å². The van der Waals surface area contributed by atoms with Crippen molar-refractivity contribution in [3.05, 3.63) is 65.2 Å². The first kappa shape index (κ1) is 14.1. The van der Waals surface area contributed by atoms with Crippen LogP contribution < -0.4 is 5.73 Å². The molecule has 1 amide bonds. The van der Waals surface area contributed by atoms with Gasteiger partial charge in [0.05, 0.1) is 0 Å². The van der Waals surface area contributed by atoms with Crippen molar-refractivity contribution in [2.45, 2.75) is 19.9 Å². The molecule has 3 heteroatoms. The molecule has 0 bridgehead atoms. The van der Waals surface area contributed by atoms with Crippen molar-refractivity contribution in [1.29, 1.82) is 0 Å². The number of rotatable bonds is 4. The Morgan fingerprint density at radius 1 is 1.10 bits per heavy atom. The number of aryl methyl sites for hydroxylation is 1. The Bertz CT molecular complexity index is 590. The van der Waals surface area contributed by atoms with Crippen LogP contribution >= 0.6 is 0 Å². The van der Waals surface area contributed by atoms with E-state index in [1.165, 1.54) is 5.56 Å². The summed E-state index contributed by atoms with van der Waals surface area (Å²) in [4.78, 5) is 14.0. The lowest BCUT2D eigenvalue weighted by molar-refractivity contribution is 0.0785. The van der Waals surface area contributed by atoms with Crippen molar-refractivity contribution < 1.29 is 4.79 Å². The van der Waals surface area contributed by atoms with E-state index in [0.29, 0.717) is 17.8 Å². The van der Waals surface area contributed by atoms with Crippen LogP contribution in [0.3, 0.4) is 0 Å². The van der Waals surface area contributed by atoms with E-state index in [0.717, 1.165) is 12.0 Å². The van der Waals surface area contributed by atoms with Gasteiger partial charge in [0.1, 0.15) is 0 Å². The zero-order chi connectivity index (χ0) is 14.5. The van der Waals surface area contributed by atoms with E-state index in [2.05, 4.69) is 31.2 Å². The topological polar surface area (TPSA) is 46.3 Å². The van der Waals surface area contributed by atoms with Gasteiger partial charge in [0, 0.05) is 24.8 Å². The Kier molecular flexibility index (Phi) is 4.41. The molecule has 0 aromatic heterocycles. The number of carbonyl (C=O) groups is 1. The molecular formula is C17H20N2O. The van der Waals surface area contributed by atoms with Gasteiger partial charge in [-0.1, -0.05) is 37.3 Å². The summed E-state index contributed by atoms with van der Waals surface area (Å²) in [5.41, 5.74) is 9.37. The number of nitrogens with two attached hydrogens (primary N) is 1. The maximum absolute atomic E-state index is 12.3. The van der Waals surface area contributed by atoms with Gasteiger partial charge in [0.2, 0.25) is 0 Å². The zero-order valence-corrected chi connectivity index (χ0v) is 12.0. The molecule has 2 aromatic carbocycles. The van der Waals surface area contributed by atoms with Crippen molar-refractivity contribution >= 4 is 11.6 Å². The molecule has 0 spiro atoms. The Balaban J connectivity index is 2.07. The van der Waals surface area contributed by atoms with E-state index in [4.69, 9.17) is 5.73 Å². The summed E-state index contributed by atoms with van der Waals surface area (Å²) in [5.74, 6) is -0.0168. The molecule has 0 aliphatic heterocycles. The molecule has 0 unspecified atom stereocenters. The average Bonchev–Trinajstić information content (AvgIpc) is 2.47. The Morgan fingerprint density at radius 2 is 1.75 bits per heavy atom. The summed E-state index contributed by atoms with van der Waals surface area (Å²) in [5, 5.41) is 0. The van der Waals surface area contributed by atoms with E-state index in [1.54, 1.807) is 36.2 Å². The largest absolute Gasteiger partial charge is 0.399 e. The highest BCUT2D eigenvalue weighted by Gasteiger charge is 2.12. The number of hydrogen-bond donors (Lipinski definition) is 1. The van der Waals surface area contributed by atoms with E-state index in [-0.39, 0.29) is 5.91 Å². The van der Waals surface area contributed by atoms with Crippen molar-refractivity contribution in [3.8, 4) is 0 Å². The Hall–Kier alpha value is -2.29. The number of anilines is 1. The van der Waals surface area contributed by atoms with Gasteiger partial charge in [-0.2, -0.15) is 0 Å². The molecule has 0 atom stereocenters. The number of hydrogen-bond acceptors (Lipinski definition) is 2. The normalized spacial score (nSPS) is 10.3. The lowest BCUT2D eigenvalue weighted by atomic mass is 10.1. The molecular weight excluding hydrogens is 248 g/mol. The number of carbonyl (C=O) groups excluding carboxylic acids is 1. The summed E-state index contributed by atoms with van der Waals surface area (Å²) < 4.78 is 0. The molecule has 0 saturated carbocycles. The summed E-state index contributed by atoms with van der Waals surface area (Å²) >= 11 is 0. The van der Waals surface area contributed by atoms with Gasteiger partial charge in [-0.25, -0.2) is 0 Å². The lowest BCUT2D eigenvalue weighted by Crippen LogP contribution is -2.26. The van der Waals surface area contributed by atoms with Crippen LogP contribution in [-0.2, 0) is 13.0 Å². The average molecular weight is 268 g/mol. The molecule has 3 nitrogen and oxygen atoms in total. The summed E-state index contributed by atoms with van der Waals surface area (Å²) in [6.45, 7) is 2.72. The predicted octanol–water partition coefficient (Wildman–Crippen LogP) is 3.10. The third-order valence-corrected chi connectivity index (χ3v) is 3.33. The predicted molar refractivity (Wildman–Crippen MR) is 82.5 cm³/mol. The SMILES string of the molecule is CCc1ccc(CN(C)C(=O)c2cccc(N)c2)cc1. The molecule has 0 heterocycles. The van der Waals surface area contributed by atoms with Crippen molar-refractivity contribution in [2.75, 3.05) is 12.8 Å². The number of nitrogen functional groups attached to an aromatic ring is 1. The molecule has 104 valence electrons. The van der Waals surface area contributed by atoms with Crippen LogP contribution in [0.2, 0.25) is 0 Å². The molecule has 0 radical (unpaired) electrons. The first-order valence-electron chi connectivity index (χ1n) is 6.79. The number of benzene rings is 2. The monoisotopic (exact) mass is 268 g/mol. The third-order valence-electron chi connectivity index (χ3n) is 3.33. The van der Waals surface area contributed by atoms with Crippen LogP contribution in [0, 0.1) is 0 Å². The quantitative estimate of drug-likeness (QED) is 0.866. The molecule has 20 heavy (non-hydrogen) atoms. The van der Waals surface area contributed by atoms with Gasteiger partial charge in [-0.05, 0) is 35.7 Å². The van der Waals surface area contributed by atoms with E-state index >= 15 is 0 Å². The maximum Gasteiger partial charge on any atom is 0.253 e. The van der Waals surface area contributed by atoms with Crippen molar-refractivity contribution in [2.24, 2.45) is 0 Å². The van der Waals surface area contributed by atoms with Crippen LogP contribution in [-0.4, -0.2) is 17.9 Å². The van der Waals surface area contributed by atoms with Crippen molar-refractivity contribution in [1.82, 2.24) is 4.90 Å². The minimum Gasteiger partial charge on any atom is -0.399 e. The fraction of sp³-hybridized carbons (Fsp3) is 0.235. The molecule has 0 aliphatic carbocycles. The van der Waals surface area contributed by atoms with Crippen LogP contribution in [0.1, 0.15) is 28.4 Å². The second kappa shape index (κ2) is 6.24. The zero-order valence-electron chi connectivity index (χ0n) is 12.0. The first-order chi connectivity index (χ1) is 9.60. The van der Waals surface area contributed by atoms with E-state index < -0.39 is 0 Å². The van der Waals surface area contributed by atoms with Crippen LogP contribution in [0.25, 0.3) is 0 Å². The van der Waals surface area contributed by atoms with Gasteiger partial charge in [-0.15, -0.1) is 0 Å². The van der Waals surface area contributed by atoms with Crippen LogP contribution in [0.15, 0.2) is 48.5 Å². The fourth-order valence-electron chi connectivity index (χ4n) is 2.12. The van der Waals surface area contributed by atoms with Crippen molar-refractivity contribution in [3.63, 3.8) is 0 Å². The number of amides is 1. The molecule has 2 N–H and O–H groups in total. The molecule has 2 rings (SSSR count). The highest BCUT2D eigenvalue weighted by atomic mass is 16.2. The maximum atomic E-state index is 12.3. The first-order valence-corrected chi connectivity index (χ1v) is 6.79. The molecule has 0 saturated heterocycles. The lowest BCUT2D eigenvalue weighted by Gasteiger charge is -2.17. The minimum atomic E-state index is -0.0168. The van der Waals surface area contributed by atoms with Gasteiger partial charge in [0.25, 0.3) is 5.91 Å². The van der Waals surface area contributed by atoms with Gasteiger partial charge >= 0.3 is 0 Å². The van der Waals surface area contributed by atoms with Gasteiger partial charge in [0.15, 0.2) is 0 Å². The third kappa shape index (κ3) is 3.38. The standard InChI is InChI=1S/C17H20N2O/c1-3-13-7-9-14(10-8-13)12-19(2)17(20)15-5-4-6-16(18)11-15/h4-11H,3,12,18H2,1-2H3. The second-order valence-corrected chi connectivity index (χ2v) is 4.96. The molecule has 2 aromatic rings. The Morgan fingerprint density at radius 3 is 2.35 bits per heavy atom.